The van der Waals surface area contributed by atoms with Gasteiger partial charge in [-0.05, 0) is 12.5 Å². The Bertz CT molecular complexity index is 738. The van der Waals surface area contributed by atoms with Gasteiger partial charge >= 0.3 is 0 Å². The first-order chi connectivity index (χ1) is 11.4. The summed E-state index contributed by atoms with van der Waals surface area (Å²) in [5, 5.41) is 6.25. The fourth-order valence-corrected chi connectivity index (χ4v) is 2.39. The molecule has 1 aromatic carbocycles. The minimum Gasteiger partial charge on any atom is -0.368 e. The van der Waals surface area contributed by atoms with Crippen LogP contribution in [0.5, 0.6) is 0 Å². The van der Waals surface area contributed by atoms with Gasteiger partial charge in [0.1, 0.15) is 5.82 Å². The number of fused-ring (bicyclic) bond motifs is 1. The molecule has 0 bridgehead atoms. The number of anilines is 2. The zero-order chi connectivity index (χ0) is 17.7. The summed E-state index contributed by atoms with van der Waals surface area (Å²) in [6.45, 7) is 3.89. The van der Waals surface area contributed by atoms with E-state index in [0.717, 1.165) is 31.4 Å². The van der Waals surface area contributed by atoms with Crippen molar-refractivity contribution in [1.29, 1.82) is 0 Å². The lowest BCUT2D eigenvalue weighted by molar-refractivity contribution is -0.119. The highest BCUT2D eigenvalue weighted by molar-refractivity contribution is 5.90. The molecule has 0 radical (unpaired) electrons. The maximum absolute atomic E-state index is 13.6. The van der Waals surface area contributed by atoms with Crippen LogP contribution in [0.25, 0.3) is 10.9 Å². The number of nitrogens with one attached hydrogen (secondary N) is 2. The third-order valence-corrected chi connectivity index (χ3v) is 3.60. The lowest BCUT2D eigenvalue weighted by atomic mass is 10.1. The number of aromatic nitrogens is 2. The lowest BCUT2D eigenvalue weighted by Gasteiger charge is -2.20. The van der Waals surface area contributed by atoms with E-state index < -0.39 is 11.6 Å². The predicted octanol–water partition coefficient (Wildman–Crippen LogP) is 2.60. The van der Waals surface area contributed by atoms with E-state index in [-0.39, 0.29) is 23.4 Å². The van der Waals surface area contributed by atoms with E-state index in [2.05, 4.69) is 27.5 Å². The van der Waals surface area contributed by atoms with Gasteiger partial charge in [-0.3, -0.25) is 4.79 Å². The summed E-state index contributed by atoms with van der Waals surface area (Å²) in [5.74, 6) is -1.83. The third-order valence-electron chi connectivity index (χ3n) is 3.60. The quantitative estimate of drug-likeness (QED) is 0.722. The smallest absolute Gasteiger partial charge is 0.222 e. The van der Waals surface area contributed by atoms with Crippen molar-refractivity contribution < 1.29 is 13.6 Å². The molecule has 0 fully saturated rings. The topological polar surface area (TPSA) is 92.9 Å². The van der Waals surface area contributed by atoms with E-state index in [4.69, 9.17) is 5.73 Å². The van der Waals surface area contributed by atoms with Crippen LogP contribution in [0.1, 0.15) is 33.1 Å². The number of unbranched alkanes of at least 4 members (excludes halogenated alkanes) is 1. The molecule has 1 heterocycles. The molecule has 0 saturated heterocycles. The zero-order valence-corrected chi connectivity index (χ0v) is 13.7. The fourth-order valence-electron chi connectivity index (χ4n) is 2.39. The number of nitrogen functional groups attached to an aromatic ring is 1. The second kappa shape index (κ2) is 7.85. The maximum atomic E-state index is 13.6. The Kier molecular flexibility index (Phi) is 5.83. The van der Waals surface area contributed by atoms with Crippen LogP contribution in [0.4, 0.5) is 20.5 Å². The molecule has 2 rings (SSSR count). The summed E-state index contributed by atoms with van der Waals surface area (Å²) >= 11 is 0. The van der Waals surface area contributed by atoms with E-state index in [1.807, 2.05) is 0 Å². The highest BCUT2D eigenvalue weighted by Gasteiger charge is 2.15. The molecule has 24 heavy (non-hydrogen) atoms. The number of nitrogens with zero attached hydrogens (tertiary/aromatic N) is 2. The van der Waals surface area contributed by atoms with Crippen molar-refractivity contribution in [1.82, 2.24) is 15.3 Å². The average Bonchev–Trinajstić information content (AvgIpc) is 2.51. The highest BCUT2D eigenvalue weighted by Crippen LogP contribution is 2.25. The molecule has 0 saturated carbocycles. The van der Waals surface area contributed by atoms with Gasteiger partial charge in [0.2, 0.25) is 11.9 Å². The number of benzene rings is 1. The first-order valence-electron chi connectivity index (χ1n) is 7.84. The largest absolute Gasteiger partial charge is 0.368 e. The number of nitrogens with two attached hydrogens (primary N) is 1. The van der Waals surface area contributed by atoms with Gasteiger partial charge in [0.05, 0.1) is 5.52 Å². The highest BCUT2D eigenvalue weighted by atomic mass is 19.2. The van der Waals surface area contributed by atoms with Crippen molar-refractivity contribution in [2.24, 2.45) is 0 Å². The van der Waals surface area contributed by atoms with Gasteiger partial charge in [0.15, 0.2) is 11.6 Å². The third kappa shape index (κ3) is 4.50. The summed E-state index contributed by atoms with van der Waals surface area (Å²) in [7, 11) is 0. The molecular formula is C16H21F2N5O. The lowest BCUT2D eigenvalue weighted by Crippen LogP contribution is -2.35. The molecule has 4 N–H and O–H groups in total. The van der Waals surface area contributed by atoms with Crippen molar-refractivity contribution in [3.8, 4) is 0 Å². The van der Waals surface area contributed by atoms with Crippen molar-refractivity contribution in [3.63, 3.8) is 0 Å². The number of carbonyl (C=O) groups excluding carboxylic acids is 1. The number of hydrogen-bond acceptors (Lipinski definition) is 5. The number of halogens is 2. The van der Waals surface area contributed by atoms with Crippen LogP contribution in [0, 0.1) is 11.6 Å². The van der Waals surface area contributed by atoms with Crippen LogP contribution in [-0.2, 0) is 4.79 Å². The number of amides is 1. The molecule has 0 aliphatic rings. The summed E-state index contributed by atoms with van der Waals surface area (Å²) in [5.41, 5.74) is 5.88. The SMILES string of the molecule is CCCCC(CNC(C)=O)Nc1nc(N)nc2cc(F)c(F)cc12. The Morgan fingerprint density at radius 3 is 2.67 bits per heavy atom. The first-order valence-corrected chi connectivity index (χ1v) is 7.84. The van der Waals surface area contributed by atoms with Crippen LogP contribution < -0.4 is 16.4 Å². The normalized spacial score (nSPS) is 12.2. The van der Waals surface area contributed by atoms with Crippen LogP contribution in [0.2, 0.25) is 0 Å². The van der Waals surface area contributed by atoms with Crippen LogP contribution >= 0.6 is 0 Å². The van der Waals surface area contributed by atoms with Crippen molar-refractivity contribution >= 4 is 28.6 Å². The molecule has 0 aliphatic carbocycles. The molecule has 130 valence electrons. The predicted molar refractivity (Wildman–Crippen MR) is 89.5 cm³/mol. The van der Waals surface area contributed by atoms with Crippen molar-refractivity contribution in [3.05, 3.63) is 23.8 Å². The van der Waals surface area contributed by atoms with Crippen molar-refractivity contribution in [2.45, 2.75) is 39.2 Å². The van der Waals surface area contributed by atoms with E-state index >= 15 is 0 Å². The van der Waals surface area contributed by atoms with E-state index in [1.54, 1.807) is 0 Å². The molecule has 1 unspecified atom stereocenters. The Hall–Kier alpha value is -2.51. The van der Waals surface area contributed by atoms with Crippen LogP contribution in [0.3, 0.4) is 0 Å². The second-order valence-corrected chi connectivity index (χ2v) is 5.63. The Labute approximate surface area is 138 Å². The molecule has 0 aliphatic heterocycles. The number of rotatable bonds is 7. The van der Waals surface area contributed by atoms with Crippen LogP contribution in [0.15, 0.2) is 12.1 Å². The molecule has 6 nitrogen and oxygen atoms in total. The Morgan fingerprint density at radius 1 is 1.29 bits per heavy atom. The van der Waals surface area contributed by atoms with E-state index in [0.29, 0.717) is 17.7 Å². The first kappa shape index (κ1) is 17.8. The van der Waals surface area contributed by atoms with Gasteiger partial charge < -0.3 is 16.4 Å². The maximum Gasteiger partial charge on any atom is 0.222 e. The standard InChI is InChI=1S/C16H21F2N5O/c1-3-4-5-10(8-20-9(2)24)21-15-11-6-12(17)13(18)7-14(11)22-16(19)23-15/h6-7,10H,3-5,8H2,1-2H3,(H,20,24)(H3,19,21,22,23). The van der Waals surface area contributed by atoms with E-state index in [1.165, 1.54) is 6.92 Å². The molecule has 1 aromatic heterocycles. The summed E-state index contributed by atoms with van der Waals surface area (Å²) in [6.07, 6.45) is 2.72. The number of carbonyl (C=O) groups is 1. The van der Waals surface area contributed by atoms with E-state index in [9.17, 15) is 13.6 Å². The van der Waals surface area contributed by atoms with Gasteiger partial charge in [-0.15, -0.1) is 0 Å². The van der Waals surface area contributed by atoms with Gasteiger partial charge in [-0.2, -0.15) is 4.98 Å². The fraction of sp³-hybridized carbons (Fsp3) is 0.438. The Balaban J connectivity index is 2.33. The molecule has 2 aromatic rings. The van der Waals surface area contributed by atoms with Crippen molar-refractivity contribution in [2.75, 3.05) is 17.6 Å². The monoisotopic (exact) mass is 337 g/mol. The number of hydrogen-bond donors (Lipinski definition) is 3. The van der Waals surface area contributed by atoms with Crippen LogP contribution in [-0.4, -0.2) is 28.5 Å². The van der Waals surface area contributed by atoms with Gasteiger partial charge in [0.25, 0.3) is 0 Å². The average molecular weight is 337 g/mol. The summed E-state index contributed by atoms with van der Waals surface area (Å²) < 4.78 is 27.0. The summed E-state index contributed by atoms with van der Waals surface area (Å²) in [6, 6.07) is 1.92. The molecule has 0 spiro atoms. The van der Waals surface area contributed by atoms with Gasteiger partial charge in [0, 0.05) is 31.0 Å². The molecule has 8 heteroatoms. The minimum atomic E-state index is -0.993. The van der Waals surface area contributed by atoms with Gasteiger partial charge in [-0.1, -0.05) is 19.8 Å². The Morgan fingerprint density at radius 2 is 2.00 bits per heavy atom. The summed E-state index contributed by atoms with van der Waals surface area (Å²) in [4.78, 5) is 19.2. The molecule has 1 amide bonds. The minimum absolute atomic E-state index is 0.0372. The zero-order valence-electron chi connectivity index (χ0n) is 13.7. The second-order valence-electron chi connectivity index (χ2n) is 5.63. The molecular weight excluding hydrogens is 316 g/mol. The van der Waals surface area contributed by atoms with Gasteiger partial charge in [-0.25, -0.2) is 13.8 Å². The molecule has 1 atom stereocenters.